The zero-order valence-electron chi connectivity index (χ0n) is 7.45. The molecule has 0 radical (unpaired) electrons. The monoisotopic (exact) mass is 185 g/mol. The normalized spacial score (nSPS) is 25.9. The van der Waals surface area contributed by atoms with Gasteiger partial charge in [-0.15, -0.1) is 0 Å². The predicted octanol–water partition coefficient (Wildman–Crippen LogP) is 2.44. The van der Waals surface area contributed by atoms with Gasteiger partial charge in [-0.1, -0.05) is 6.92 Å². The van der Waals surface area contributed by atoms with Gasteiger partial charge in [0.1, 0.15) is 0 Å². The van der Waals surface area contributed by atoms with Crippen molar-refractivity contribution in [1.29, 1.82) is 0 Å². The van der Waals surface area contributed by atoms with E-state index in [-0.39, 0.29) is 6.04 Å². The Morgan fingerprint density at radius 1 is 1.67 bits per heavy atom. The number of aliphatic imine (C=N–C) groups is 1. The van der Waals surface area contributed by atoms with Gasteiger partial charge in [-0.25, -0.2) is 4.99 Å². The van der Waals surface area contributed by atoms with Gasteiger partial charge in [0.25, 0.3) is 0 Å². The Morgan fingerprint density at radius 3 is 3.00 bits per heavy atom. The summed E-state index contributed by atoms with van der Waals surface area (Å²) in [4.78, 5) is 4.11. The van der Waals surface area contributed by atoms with Gasteiger partial charge >= 0.3 is 0 Å². The molecule has 1 saturated heterocycles. The molecule has 1 aliphatic rings. The smallest absolute Gasteiger partial charge is 0.0861 e. The van der Waals surface area contributed by atoms with Crippen molar-refractivity contribution in [3.05, 3.63) is 0 Å². The van der Waals surface area contributed by atoms with Crippen LogP contribution in [0.15, 0.2) is 4.99 Å². The summed E-state index contributed by atoms with van der Waals surface area (Å²) >= 11 is 4.59. The highest BCUT2D eigenvalue weighted by Crippen LogP contribution is 2.19. The van der Waals surface area contributed by atoms with Crippen LogP contribution in [0.4, 0.5) is 0 Å². The number of ether oxygens (including phenoxy) is 1. The molecule has 0 amide bonds. The maximum Gasteiger partial charge on any atom is 0.0861 e. The fraction of sp³-hybridized carbons (Fsp3) is 0.889. The highest BCUT2D eigenvalue weighted by molar-refractivity contribution is 7.78. The highest BCUT2D eigenvalue weighted by atomic mass is 32.1. The van der Waals surface area contributed by atoms with Crippen LogP contribution in [0.3, 0.4) is 0 Å². The Labute approximate surface area is 79.0 Å². The fourth-order valence-electron chi connectivity index (χ4n) is 1.57. The molecule has 68 valence electrons. The number of rotatable bonds is 3. The number of nitrogens with zero attached hydrogens (tertiary/aromatic N) is 1. The Bertz CT molecular complexity index is 171. The predicted molar refractivity (Wildman–Crippen MR) is 52.7 cm³/mol. The molecule has 1 aliphatic heterocycles. The Kier molecular flexibility index (Phi) is 4.44. The maximum atomic E-state index is 5.60. The van der Waals surface area contributed by atoms with Crippen molar-refractivity contribution < 1.29 is 4.74 Å². The third kappa shape index (κ3) is 2.67. The van der Waals surface area contributed by atoms with Gasteiger partial charge in [-0.05, 0) is 37.9 Å². The molecule has 2 atom stereocenters. The molecule has 0 spiro atoms. The van der Waals surface area contributed by atoms with Crippen LogP contribution in [-0.2, 0) is 4.74 Å². The molecule has 0 aromatic heterocycles. The van der Waals surface area contributed by atoms with Gasteiger partial charge in [0.15, 0.2) is 0 Å². The first-order chi connectivity index (χ1) is 5.88. The van der Waals surface area contributed by atoms with Gasteiger partial charge in [-0.3, -0.25) is 0 Å². The molecule has 1 heterocycles. The lowest BCUT2D eigenvalue weighted by Gasteiger charge is -2.26. The average molecular weight is 185 g/mol. The SMILES string of the molecule is CC[C@H](N=C=S)C1CCCCO1. The topological polar surface area (TPSA) is 21.6 Å². The van der Waals surface area contributed by atoms with Gasteiger partial charge in [-0.2, -0.15) is 0 Å². The third-order valence-corrected chi connectivity index (χ3v) is 2.39. The molecule has 1 unspecified atom stereocenters. The van der Waals surface area contributed by atoms with Crippen molar-refractivity contribution in [2.45, 2.75) is 44.8 Å². The first-order valence-corrected chi connectivity index (χ1v) is 4.98. The summed E-state index contributed by atoms with van der Waals surface area (Å²) in [5.74, 6) is 0. The standard InChI is InChI=1S/C9H15NOS/c1-2-8(10-7-12)9-5-3-4-6-11-9/h8-9H,2-6H2,1H3/t8-,9?/m0/s1. The summed E-state index contributed by atoms with van der Waals surface area (Å²) < 4.78 is 5.60. The van der Waals surface area contributed by atoms with Gasteiger partial charge < -0.3 is 4.74 Å². The van der Waals surface area contributed by atoms with Crippen LogP contribution >= 0.6 is 12.2 Å². The summed E-state index contributed by atoms with van der Waals surface area (Å²) in [5, 5.41) is 2.44. The lowest BCUT2D eigenvalue weighted by molar-refractivity contribution is 0.000608. The van der Waals surface area contributed by atoms with Crippen LogP contribution in [-0.4, -0.2) is 23.9 Å². The maximum absolute atomic E-state index is 5.60. The van der Waals surface area contributed by atoms with Crippen LogP contribution in [0.1, 0.15) is 32.6 Å². The Balaban J connectivity index is 2.45. The van der Waals surface area contributed by atoms with E-state index in [4.69, 9.17) is 4.74 Å². The van der Waals surface area contributed by atoms with E-state index in [0.29, 0.717) is 6.10 Å². The molecule has 0 saturated carbocycles. The van der Waals surface area contributed by atoms with Crippen molar-refractivity contribution in [3.8, 4) is 0 Å². The quantitative estimate of drug-likeness (QED) is 0.497. The highest BCUT2D eigenvalue weighted by Gasteiger charge is 2.21. The molecule has 1 fully saturated rings. The minimum absolute atomic E-state index is 0.239. The Morgan fingerprint density at radius 2 is 2.50 bits per heavy atom. The summed E-state index contributed by atoms with van der Waals surface area (Å²) in [6.07, 6.45) is 4.86. The van der Waals surface area contributed by atoms with Gasteiger partial charge in [0.05, 0.1) is 17.3 Å². The van der Waals surface area contributed by atoms with E-state index in [9.17, 15) is 0 Å². The second kappa shape index (κ2) is 5.41. The van der Waals surface area contributed by atoms with E-state index >= 15 is 0 Å². The van der Waals surface area contributed by atoms with Crippen molar-refractivity contribution in [3.63, 3.8) is 0 Å². The molecule has 0 aromatic carbocycles. The van der Waals surface area contributed by atoms with Crippen LogP contribution in [0.2, 0.25) is 0 Å². The minimum Gasteiger partial charge on any atom is -0.376 e. The van der Waals surface area contributed by atoms with E-state index in [0.717, 1.165) is 19.4 Å². The summed E-state index contributed by atoms with van der Waals surface area (Å²) in [7, 11) is 0. The lowest BCUT2D eigenvalue weighted by Crippen LogP contribution is -2.30. The molecule has 0 N–H and O–H groups in total. The molecule has 12 heavy (non-hydrogen) atoms. The largest absolute Gasteiger partial charge is 0.376 e. The average Bonchev–Trinajstić information content (AvgIpc) is 2.15. The van der Waals surface area contributed by atoms with E-state index in [1.807, 2.05) is 0 Å². The van der Waals surface area contributed by atoms with Crippen molar-refractivity contribution in [1.82, 2.24) is 0 Å². The molecule has 0 aliphatic carbocycles. The van der Waals surface area contributed by atoms with Gasteiger partial charge in [0, 0.05) is 6.61 Å². The second-order valence-electron chi connectivity index (χ2n) is 3.10. The zero-order valence-corrected chi connectivity index (χ0v) is 8.27. The van der Waals surface area contributed by atoms with Crippen LogP contribution < -0.4 is 0 Å². The molecule has 0 aromatic rings. The summed E-state index contributed by atoms with van der Waals surface area (Å²) in [6.45, 7) is 2.99. The number of isothiocyanates is 1. The molecule has 0 bridgehead atoms. The van der Waals surface area contributed by atoms with E-state index in [2.05, 4.69) is 29.3 Å². The molecular formula is C9H15NOS. The van der Waals surface area contributed by atoms with E-state index in [1.54, 1.807) is 0 Å². The molecule has 2 nitrogen and oxygen atoms in total. The van der Waals surface area contributed by atoms with E-state index < -0.39 is 0 Å². The van der Waals surface area contributed by atoms with Crippen LogP contribution in [0.25, 0.3) is 0 Å². The Hall–Kier alpha value is -0.240. The fourth-order valence-corrected chi connectivity index (χ4v) is 1.71. The lowest BCUT2D eigenvalue weighted by atomic mass is 10.0. The minimum atomic E-state index is 0.239. The third-order valence-electron chi connectivity index (χ3n) is 2.28. The number of thiocarbonyl (C=S) groups is 1. The van der Waals surface area contributed by atoms with Crippen molar-refractivity contribution in [2.24, 2.45) is 4.99 Å². The molecule has 3 heteroatoms. The first kappa shape index (κ1) is 9.85. The summed E-state index contributed by atoms with van der Waals surface area (Å²) in [6, 6.07) is 0.239. The van der Waals surface area contributed by atoms with E-state index in [1.165, 1.54) is 12.8 Å². The first-order valence-electron chi connectivity index (χ1n) is 4.57. The number of hydrogen-bond donors (Lipinski definition) is 0. The van der Waals surface area contributed by atoms with Gasteiger partial charge in [0.2, 0.25) is 0 Å². The van der Waals surface area contributed by atoms with Crippen LogP contribution in [0.5, 0.6) is 0 Å². The van der Waals surface area contributed by atoms with Crippen molar-refractivity contribution >= 4 is 17.4 Å². The van der Waals surface area contributed by atoms with Crippen LogP contribution in [0, 0.1) is 0 Å². The zero-order chi connectivity index (χ0) is 8.81. The molecule has 1 rings (SSSR count). The number of hydrogen-bond acceptors (Lipinski definition) is 3. The van der Waals surface area contributed by atoms with Crippen molar-refractivity contribution in [2.75, 3.05) is 6.61 Å². The molecular weight excluding hydrogens is 170 g/mol. The summed E-state index contributed by atoms with van der Waals surface area (Å²) in [5.41, 5.74) is 0. The second-order valence-corrected chi connectivity index (χ2v) is 3.28.